The zero-order chi connectivity index (χ0) is 7.72. The molecule has 0 radical (unpaired) electrons. The topological polar surface area (TPSA) is 37.3 Å². The van der Waals surface area contributed by atoms with Crippen molar-refractivity contribution in [2.75, 3.05) is 0 Å². The number of carbonyl (C=O) groups is 1. The van der Waals surface area contributed by atoms with Crippen LogP contribution >= 0.6 is 0 Å². The van der Waals surface area contributed by atoms with Crippen molar-refractivity contribution in [3.05, 3.63) is 11.8 Å². The molecule has 0 aromatic carbocycles. The van der Waals surface area contributed by atoms with E-state index in [0.29, 0.717) is 0 Å². The normalized spacial score (nSPS) is 33.8. The Kier molecular flexibility index (Phi) is 1.79. The molecule has 0 spiro atoms. The van der Waals surface area contributed by atoms with Crippen LogP contribution in [0.2, 0.25) is 0 Å². The van der Waals surface area contributed by atoms with Gasteiger partial charge in [-0.1, -0.05) is 13.8 Å². The van der Waals surface area contributed by atoms with Crippen LogP contribution in [-0.2, 0) is 4.79 Å². The van der Waals surface area contributed by atoms with Gasteiger partial charge in [0.2, 0.25) is 0 Å². The van der Waals surface area contributed by atoms with Gasteiger partial charge in [0.1, 0.15) is 0 Å². The maximum Gasteiger partial charge on any atom is 0.161 e. The fourth-order valence-corrected chi connectivity index (χ4v) is 1.20. The van der Waals surface area contributed by atoms with Gasteiger partial charge in [-0.15, -0.1) is 0 Å². The first-order valence-electron chi connectivity index (χ1n) is 3.55. The first-order valence-corrected chi connectivity index (χ1v) is 3.55. The van der Waals surface area contributed by atoms with Crippen LogP contribution in [-0.4, -0.2) is 10.9 Å². The lowest BCUT2D eigenvalue weighted by atomic mass is 9.87. The van der Waals surface area contributed by atoms with E-state index < -0.39 is 0 Å². The molecule has 2 atom stereocenters. The monoisotopic (exact) mass is 140 g/mol. The Morgan fingerprint density at radius 1 is 1.50 bits per heavy atom. The van der Waals surface area contributed by atoms with Crippen LogP contribution in [0.4, 0.5) is 0 Å². The van der Waals surface area contributed by atoms with E-state index in [0.717, 1.165) is 6.42 Å². The molecule has 0 fully saturated rings. The summed E-state index contributed by atoms with van der Waals surface area (Å²) in [7, 11) is 0. The van der Waals surface area contributed by atoms with Gasteiger partial charge in [-0.3, -0.25) is 4.79 Å². The van der Waals surface area contributed by atoms with E-state index in [1.54, 1.807) is 0 Å². The van der Waals surface area contributed by atoms with Crippen LogP contribution in [0.3, 0.4) is 0 Å². The minimum absolute atomic E-state index is 0.0515. The van der Waals surface area contributed by atoms with Crippen molar-refractivity contribution in [3.8, 4) is 0 Å². The van der Waals surface area contributed by atoms with Crippen LogP contribution in [0.25, 0.3) is 0 Å². The molecule has 1 N–H and O–H groups in total. The van der Waals surface area contributed by atoms with Crippen molar-refractivity contribution in [1.82, 2.24) is 0 Å². The van der Waals surface area contributed by atoms with E-state index in [2.05, 4.69) is 0 Å². The second-order valence-corrected chi connectivity index (χ2v) is 3.01. The predicted molar refractivity (Wildman–Crippen MR) is 38.7 cm³/mol. The molecule has 2 nitrogen and oxygen atoms in total. The highest BCUT2D eigenvalue weighted by molar-refractivity contribution is 5.92. The molecule has 56 valence electrons. The summed E-state index contributed by atoms with van der Waals surface area (Å²) < 4.78 is 0. The smallest absolute Gasteiger partial charge is 0.161 e. The minimum atomic E-state index is 0.0515. The molecule has 10 heavy (non-hydrogen) atoms. The Morgan fingerprint density at radius 3 is 2.60 bits per heavy atom. The first-order chi connectivity index (χ1) is 4.61. The second-order valence-electron chi connectivity index (χ2n) is 3.01. The van der Waals surface area contributed by atoms with Gasteiger partial charge < -0.3 is 5.11 Å². The number of allylic oxidation sites excluding steroid dienone is 2. The Labute approximate surface area is 60.6 Å². The Morgan fingerprint density at radius 2 is 2.10 bits per heavy atom. The Balaban J connectivity index is 2.79. The first kappa shape index (κ1) is 7.32. The molecule has 0 aromatic heterocycles. The second kappa shape index (κ2) is 2.45. The third-order valence-electron chi connectivity index (χ3n) is 1.99. The molecule has 2 heteroatoms. The summed E-state index contributed by atoms with van der Waals surface area (Å²) in [6.07, 6.45) is 2.12. The van der Waals surface area contributed by atoms with E-state index in [9.17, 15) is 4.79 Å². The van der Waals surface area contributed by atoms with Crippen LogP contribution in [0.15, 0.2) is 11.8 Å². The molecule has 0 bridgehead atoms. The van der Waals surface area contributed by atoms with Gasteiger partial charge in [-0.25, -0.2) is 0 Å². The summed E-state index contributed by atoms with van der Waals surface area (Å²) in [6.45, 7) is 3.82. The fraction of sp³-hybridized carbons (Fsp3) is 0.625. The number of ketones is 1. The number of hydrogen-bond donors (Lipinski definition) is 1. The quantitative estimate of drug-likeness (QED) is 0.555. The molecule has 0 unspecified atom stereocenters. The van der Waals surface area contributed by atoms with Gasteiger partial charge in [0.05, 0.1) is 5.76 Å². The third kappa shape index (κ3) is 1.20. The molecule has 0 saturated carbocycles. The molecule has 0 aliphatic heterocycles. The Hall–Kier alpha value is -0.790. The SMILES string of the molecule is C[C@H]1C[C@H](C)C(O)=CC1=O. The molecule has 0 saturated heterocycles. The summed E-state index contributed by atoms with van der Waals surface area (Å²) in [4.78, 5) is 10.9. The molecule has 1 aliphatic carbocycles. The summed E-state index contributed by atoms with van der Waals surface area (Å²) in [5.74, 6) is 0.539. The molecule has 1 rings (SSSR count). The number of aliphatic hydroxyl groups excluding tert-OH is 1. The van der Waals surface area contributed by atoms with E-state index in [1.165, 1.54) is 6.08 Å². The maximum absolute atomic E-state index is 10.9. The van der Waals surface area contributed by atoms with E-state index in [1.807, 2.05) is 13.8 Å². The standard InChI is InChI=1S/C8H12O2/c1-5-3-6(2)8(10)4-7(5)9/h4-6,9H,3H2,1-2H3/t5-,6-/m0/s1. The van der Waals surface area contributed by atoms with E-state index in [-0.39, 0.29) is 23.4 Å². The highest BCUT2D eigenvalue weighted by Gasteiger charge is 2.23. The van der Waals surface area contributed by atoms with E-state index in [4.69, 9.17) is 5.11 Å². The fourth-order valence-electron chi connectivity index (χ4n) is 1.20. The average molecular weight is 140 g/mol. The van der Waals surface area contributed by atoms with Crippen LogP contribution < -0.4 is 0 Å². The van der Waals surface area contributed by atoms with Crippen LogP contribution in [0.5, 0.6) is 0 Å². The third-order valence-corrected chi connectivity index (χ3v) is 1.99. The number of aliphatic hydroxyl groups is 1. The summed E-state index contributed by atoms with van der Waals surface area (Å²) in [5.41, 5.74) is 0. The van der Waals surface area contributed by atoms with Gasteiger partial charge in [0.25, 0.3) is 0 Å². The molecule has 1 aliphatic rings. The lowest BCUT2D eigenvalue weighted by Gasteiger charge is -2.19. The molecule has 0 aromatic rings. The van der Waals surface area contributed by atoms with Crippen molar-refractivity contribution in [1.29, 1.82) is 0 Å². The average Bonchev–Trinajstić information content (AvgIpc) is 1.84. The maximum atomic E-state index is 10.9. The van der Waals surface area contributed by atoms with Gasteiger partial charge >= 0.3 is 0 Å². The van der Waals surface area contributed by atoms with Crippen LogP contribution in [0, 0.1) is 11.8 Å². The van der Waals surface area contributed by atoms with Crippen molar-refractivity contribution in [2.45, 2.75) is 20.3 Å². The van der Waals surface area contributed by atoms with Gasteiger partial charge in [-0.2, -0.15) is 0 Å². The molecule has 0 heterocycles. The van der Waals surface area contributed by atoms with Gasteiger partial charge in [0, 0.05) is 17.9 Å². The van der Waals surface area contributed by atoms with Crippen molar-refractivity contribution in [2.24, 2.45) is 11.8 Å². The van der Waals surface area contributed by atoms with Crippen molar-refractivity contribution < 1.29 is 9.90 Å². The summed E-state index contributed by atoms with van der Waals surface area (Å²) >= 11 is 0. The molecular formula is C8H12O2. The lowest BCUT2D eigenvalue weighted by molar-refractivity contribution is -0.119. The number of rotatable bonds is 0. The minimum Gasteiger partial charge on any atom is -0.512 e. The lowest BCUT2D eigenvalue weighted by Crippen LogP contribution is -2.19. The van der Waals surface area contributed by atoms with Crippen LogP contribution in [0.1, 0.15) is 20.3 Å². The summed E-state index contributed by atoms with van der Waals surface area (Å²) in [6, 6.07) is 0. The predicted octanol–water partition coefficient (Wildman–Crippen LogP) is 1.67. The van der Waals surface area contributed by atoms with Gasteiger partial charge in [-0.05, 0) is 6.42 Å². The van der Waals surface area contributed by atoms with Gasteiger partial charge in [0.15, 0.2) is 5.78 Å². The zero-order valence-corrected chi connectivity index (χ0v) is 6.29. The van der Waals surface area contributed by atoms with Crippen molar-refractivity contribution >= 4 is 5.78 Å². The molecule has 0 amide bonds. The number of hydrogen-bond acceptors (Lipinski definition) is 2. The highest BCUT2D eigenvalue weighted by Crippen LogP contribution is 2.24. The van der Waals surface area contributed by atoms with E-state index >= 15 is 0 Å². The molecular weight excluding hydrogens is 128 g/mol. The zero-order valence-electron chi connectivity index (χ0n) is 6.29. The Bertz CT molecular complexity index is 182. The largest absolute Gasteiger partial charge is 0.512 e. The summed E-state index contributed by atoms with van der Waals surface area (Å²) in [5, 5.41) is 9.11. The van der Waals surface area contributed by atoms with Crippen molar-refractivity contribution in [3.63, 3.8) is 0 Å². The number of carbonyl (C=O) groups excluding carboxylic acids is 1. The highest BCUT2D eigenvalue weighted by atomic mass is 16.3.